The van der Waals surface area contributed by atoms with Gasteiger partial charge >= 0.3 is 0 Å². The Balaban J connectivity index is 2.34. The summed E-state index contributed by atoms with van der Waals surface area (Å²) < 4.78 is 0. The molecule has 1 N–H and O–H groups in total. The minimum atomic E-state index is 0.223. The van der Waals surface area contributed by atoms with Crippen molar-refractivity contribution in [2.75, 3.05) is 0 Å². The predicted molar refractivity (Wildman–Crippen MR) is 66.6 cm³/mol. The first-order valence-corrected chi connectivity index (χ1v) is 6.15. The fourth-order valence-corrected chi connectivity index (χ4v) is 2.53. The molecule has 0 spiro atoms. The number of rotatable bonds is 2. The van der Waals surface area contributed by atoms with Crippen LogP contribution in [0.4, 0.5) is 0 Å². The summed E-state index contributed by atoms with van der Waals surface area (Å²) in [6, 6.07) is 0.871. The van der Waals surface area contributed by atoms with Crippen molar-refractivity contribution in [1.82, 2.24) is 5.32 Å². The van der Waals surface area contributed by atoms with E-state index in [2.05, 4.69) is 38.9 Å². The summed E-state index contributed by atoms with van der Waals surface area (Å²) in [5.74, 6) is 3.63. The second-order valence-corrected chi connectivity index (χ2v) is 5.97. The van der Waals surface area contributed by atoms with Crippen molar-refractivity contribution < 1.29 is 0 Å². The lowest BCUT2D eigenvalue weighted by Crippen LogP contribution is -2.40. The summed E-state index contributed by atoms with van der Waals surface area (Å²) in [6.45, 7) is 9.14. The van der Waals surface area contributed by atoms with E-state index in [1.807, 2.05) is 0 Å². The lowest BCUT2D eigenvalue weighted by molar-refractivity contribution is 0.159. The molecule has 0 heterocycles. The number of hydrogen-bond donors (Lipinski definition) is 1. The van der Waals surface area contributed by atoms with Gasteiger partial charge in [-0.05, 0) is 43.9 Å². The van der Waals surface area contributed by atoms with Crippen LogP contribution in [-0.4, -0.2) is 12.1 Å². The number of terminal acetylenes is 1. The quantitative estimate of drug-likeness (QED) is 0.686. The first kappa shape index (κ1) is 12.6. The Kier molecular flexibility index (Phi) is 4.22. The third-order valence-corrected chi connectivity index (χ3v) is 3.69. The maximum Gasteiger partial charge on any atom is 0.0660 e. The average Bonchev–Trinajstić information content (AvgIpc) is 2.17. The SMILES string of the molecule is C#CC(C)NC1CCC(C(C)(C)C)CC1. The summed E-state index contributed by atoms with van der Waals surface area (Å²) in [5, 5.41) is 3.50. The molecule has 0 aromatic heterocycles. The van der Waals surface area contributed by atoms with Gasteiger partial charge in [-0.2, -0.15) is 0 Å². The highest BCUT2D eigenvalue weighted by atomic mass is 14.9. The van der Waals surface area contributed by atoms with E-state index in [-0.39, 0.29) is 6.04 Å². The van der Waals surface area contributed by atoms with Gasteiger partial charge in [-0.25, -0.2) is 0 Å². The summed E-state index contributed by atoms with van der Waals surface area (Å²) in [6.07, 6.45) is 10.6. The van der Waals surface area contributed by atoms with E-state index in [4.69, 9.17) is 6.42 Å². The Labute approximate surface area is 95.0 Å². The summed E-state index contributed by atoms with van der Waals surface area (Å²) in [7, 11) is 0. The third-order valence-electron chi connectivity index (χ3n) is 3.69. The van der Waals surface area contributed by atoms with Crippen LogP contribution < -0.4 is 5.32 Å². The molecular weight excluding hydrogens is 182 g/mol. The van der Waals surface area contributed by atoms with E-state index in [0.29, 0.717) is 11.5 Å². The van der Waals surface area contributed by atoms with E-state index in [0.717, 1.165) is 5.92 Å². The Bertz CT molecular complexity index is 223. The topological polar surface area (TPSA) is 12.0 Å². The summed E-state index contributed by atoms with van der Waals surface area (Å²) >= 11 is 0. The zero-order valence-electron chi connectivity index (χ0n) is 10.6. The molecule has 1 unspecified atom stereocenters. The van der Waals surface area contributed by atoms with Crippen LogP contribution in [0, 0.1) is 23.7 Å². The molecule has 1 saturated carbocycles. The van der Waals surface area contributed by atoms with E-state index in [1.54, 1.807) is 0 Å². The third kappa shape index (κ3) is 3.87. The second-order valence-electron chi connectivity index (χ2n) is 5.97. The molecule has 0 aromatic rings. The minimum Gasteiger partial charge on any atom is -0.301 e. The van der Waals surface area contributed by atoms with Crippen molar-refractivity contribution in [3.05, 3.63) is 0 Å². The normalized spacial score (nSPS) is 29.5. The van der Waals surface area contributed by atoms with Crippen LogP contribution in [0.15, 0.2) is 0 Å². The van der Waals surface area contributed by atoms with Gasteiger partial charge in [0.1, 0.15) is 0 Å². The van der Waals surface area contributed by atoms with Gasteiger partial charge in [0.25, 0.3) is 0 Å². The maximum atomic E-state index is 5.37. The first-order chi connectivity index (χ1) is 6.93. The standard InChI is InChI=1S/C14H25N/c1-6-11(2)15-13-9-7-12(8-10-13)14(3,4)5/h1,11-13,15H,7-10H2,2-5H3. The van der Waals surface area contributed by atoms with Gasteiger partial charge in [0, 0.05) is 6.04 Å². The molecule has 0 amide bonds. The molecule has 1 fully saturated rings. The van der Waals surface area contributed by atoms with Gasteiger partial charge in [-0.15, -0.1) is 6.42 Å². The maximum absolute atomic E-state index is 5.37. The lowest BCUT2D eigenvalue weighted by atomic mass is 9.71. The second kappa shape index (κ2) is 5.03. The lowest BCUT2D eigenvalue weighted by Gasteiger charge is -2.37. The average molecular weight is 207 g/mol. The van der Waals surface area contributed by atoms with Crippen LogP contribution >= 0.6 is 0 Å². The van der Waals surface area contributed by atoms with Crippen LogP contribution in [-0.2, 0) is 0 Å². The van der Waals surface area contributed by atoms with Gasteiger partial charge in [0.15, 0.2) is 0 Å². The molecule has 1 atom stereocenters. The Morgan fingerprint density at radius 2 is 1.73 bits per heavy atom. The van der Waals surface area contributed by atoms with Crippen molar-refractivity contribution in [3.63, 3.8) is 0 Å². The highest BCUT2D eigenvalue weighted by Crippen LogP contribution is 2.37. The molecule has 1 rings (SSSR count). The Morgan fingerprint density at radius 1 is 1.20 bits per heavy atom. The van der Waals surface area contributed by atoms with Crippen LogP contribution in [0.1, 0.15) is 53.4 Å². The molecular formula is C14H25N. The van der Waals surface area contributed by atoms with Crippen molar-refractivity contribution in [2.24, 2.45) is 11.3 Å². The summed E-state index contributed by atoms with van der Waals surface area (Å²) in [5.41, 5.74) is 0.475. The Hall–Kier alpha value is -0.480. The molecule has 15 heavy (non-hydrogen) atoms. The monoisotopic (exact) mass is 207 g/mol. The molecule has 0 bridgehead atoms. The molecule has 1 aliphatic carbocycles. The van der Waals surface area contributed by atoms with Crippen molar-refractivity contribution in [1.29, 1.82) is 0 Å². The van der Waals surface area contributed by atoms with Crippen LogP contribution in [0.5, 0.6) is 0 Å². The summed E-state index contributed by atoms with van der Waals surface area (Å²) in [4.78, 5) is 0. The van der Waals surface area contributed by atoms with Gasteiger partial charge in [-0.1, -0.05) is 26.7 Å². The zero-order valence-corrected chi connectivity index (χ0v) is 10.6. The van der Waals surface area contributed by atoms with Crippen LogP contribution in [0.2, 0.25) is 0 Å². The van der Waals surface area contributed by atoms with Gasteiger partial charge < -0.3 is 5.32 Å². The highest BCUT2D eigenvalue weighted by molar-refractivity contribution is 4.97. The highest BCUT2D eigenvalue weighted by Gasteiger charge is 2.29. The van der Waals surface area contributed by atoms with E-state index >= 15 is 0 Å². The van der Waals surface area contributed by atoms with Gasteiger partial charge in [-0.3, -0.25) is 0 Å². The van der Waals surface area contributed by atoms with E-state index < -0.39 is 0 Å². The van der Waals surface area contributed by atoms with Crippen molar-refractivity contribution >= 4 is 0 Å². The molecule has 86 valence electrons. The fourth-order valence-electron chi connectivity index (χ4n) is 2.53. The molecule has 0 aliphatic heterocycles. The first-order valence-electron chi connectivity index (χ1n) is 6.15. The van der Waals surface area contributed by atoms with Gasteiger partial charge in [0.05, 0.1) is 6.04 Å². The van der Waals surface area contributed by atoms with Crippen LogP contribution in [0.25, 0.3) is 0 Å². The molecule has 0 radical (unpaired) electrons. The molecule has 0 saturated heterocycles. The van der Waals surface area contributed by atoms with Crippen molar-refractivity contribution in [3.8, 4) is 12.3 Å². The molecule has 1 aliphatic rings. The van der Waals surface area contributed by atoms with E-state index in [1.165, 1.54) is 25.7 Å². The fraction of sp³-hybridized carbons (Fsp3) is 0.857. The molecule has 0 aromatic carbocycles. The molecule has 1 heteroatoms. The van der Waals surface area contributed by atoms with Gasteiger partial charge in [0.2, 0.25) is 0 Å². The Morgan fingerprint density at radius 3 is 2.13 bits per heavy atom. The zero-order chi connectivity index (χ0) is 11.5. The van der Waals surface area contributed by atoms with Crippen molar-refractivity contribution in [2.45, 2.75) is 65.5 Å². The largest absolute Gasteiger partial charge is 0.301 e. The number of hydrogen-bond acceptors (Lipinski definition) is 1. The number of nitrogens with one attached hydrogen (secondary N) is 1. The smallest absolute Gasteiger partial charge is 0.0660 e. The predicted octanol–water partition coefficient (Wildman–Crippen LogP) is 3.20. The molecule has 1 nitrogen and oxygen atoms in total. The van der Waals surface area contributed by atoms with Crippen LogP contribution in [0.3, 0.4) is 0 Å². The van der Waals surface area contributed by atoms with E-state index in [9.17, 15) is 0 Å². The minimum absolute atomic E-state index is 0.223.